The molecule has 0 aromatic rings. The van der Waals surface area contributed by atoms with Gasteiger partial charge in [-0.05, 0) is 43.9 Å². The first-order chi connectivity index (χ1) is 11.2. The summed E-state index contributed by atoms with van der Waals surface area (Å²) in [5, 5.41) is 3.35. The van der Waals surface area contributed by atoms with Gasteiger partial charge in [0.2, 0.25) is 5.91 Å². The van der Waals surface area contributed by atoms with Gasteiger partial charge in [0.25, 0.3) is 0 Å². The van der Waals surface area contributed by atoms with Gasteiger partial charge in [-0.15, -0.1) is 24.8 Å². The van der Waals surface area contributed by atoms with Crippen molar-refractivity contribution in [2.45, 2.75) is 56.5 Å². The largest absolute Gasteiger partial charge is 0.354 e. The Morgan fingerprint density at radius 3 is 2.36 bits per heavy atom. The van der Waals surface area contributed by atoms with Gasteiger partial charge >= 0.3 is 0 Å². The average molecular weight is 410 g/mol. The summed E-state index contributed by atoms with van der Waals surface area (Å²) in [6, 6.07) is 0.111. The maximum absolute atomic E-state index is 12.8. The van der Waals surface area contributed by atoms with Gasteiger partial charge in [-0.2, -0.15) is 11.8 Å². The van der Waals surface area contributed by atoms with Gasteiger partial charge in [-0.25, -0.2) is 0 Å². The minimum atomic E-state index is 0. The molecule has 1 saturated heterocycles. The van der Waals surface area contributed by atoms with Crippen LogP contribution in [-0.2, 0) is 4.79 Å². The first-order valence-corrected chi connectivity index (χ1v) is 10.7. The lowest BCUT2D eigenvalue weighted by molar-refractivity contribution is -0.127. The first-order valence-electron chi connectivity index (χ1n) is 9.56. The highest BCUT2D eigenvalue weighted by Crippen LogP contribution is 2.47. The Morgan fingerprint density at radius 1 is 1.12 bits per heavy atom. The number of amides is 1. The molecule has 4 aliphatic rings. The van der Waals surface area contributed by atoms with Gasteiger partial charge in [0.1, 0.15) is 0 Å². The van der Waals surface area contributed by atoms with Gasteiger partial charge < -0.3 is 11.1 Å². The smallest absolute Gasteiger partial charge is 0.225 e. The fourth-order valence-electron chi connectivity index (χ4n) is 5.77. The van der Waals surface area contributed by atoms with Crippen molar-refractivity contribution in [2.75, 3.05) is 31.1 Å². The van der Waals surface area contributed by atoms with E-state index < -0.39 is 0 Å². The number of nitrogens with zero attached hydrogens (tertiary/aromatic N) is 1. The fourth-order valence-corrected chi connectivity index (χ4v) is 6.67. The van der Waals surface area contributed by atoms with Crippen molar-refractivity contribution >= 4 is 42.5 Å². The lowest BCUT2D eigenvalue weighted by Crippen LogP contribution is -2.58. The van der Waals surface area contributed by atoms with Gasteiger partial charge in [0.05, 0.1) is 5.92 Å². The molecule has 4 nitrogen and oxygen atoms in total. The molecular formula is C18H33Cl2N3OS. The van der Waals surface area contributed by atoms with E-state index in [1.807, 2.05) is 0 Å². The number of nitrogens with two attached hydrogens (primary N) is 1. The molecule has 0 aromatic heterocycles. The van der Waals surface area contributed by atoms with Crippen molar-refractivity contribution in [3.8, 4) is 0 Å². The number of nitrogens with one attached hydrogen (secondary N) is 1. The molecule has 4 rings (SSSR count). The molecule has 0 radical (unpaired) electrons. The second-order valence-corrected chi connectivity index (χ2v) is 9.41. The van der Waals surface area contributed by atoms with Crippen molar-refractivity contribution < 1.29 is 4.79 Å². The van der Waals surface area contributed by atoms with Crippen molar-refractivity contribution in [3.05, 3.63) is 0 Å². The molecular weight excluding hydrogens is 377 g/mol. The number of carbonyl (C=O) groups is 1. The van der Waals surface area contributed by atoms with E-state index in [2.05, 4.69) is 22.0 Å². The third kappa shape index (κ3) is 4.11. The van der Waals surface area contributed by atoms with Crippen LogP contribution in [0.25, 0.3) is 0 Å². The van der Waals surface area contributed by atoms with E-state index in [9.17, 15) is 4.79 Å². The Morgan fingerprint density at radius 2 is 1.76 bits per heavy atom. The van der Waals surface area contributed by atoms with E-state index in [-0.39, 0.29) is 48.2 Å². The summed E-state index contributed by atoms with van der Waals surface area (Å²) in [5.74, 6) is 3.99. The topological polar surface area (TPSA) is 58.4 Å². The van der Waals surface area contributed by atoms with Crippen LogP contribution >= 0.6 is 36.6 Å². The Hall–Kier alpha value is 0.320. The summed E-state index contributed by atoms with van der Waals surface area (Å²) in [7, 11) is 0. The van der Waals surface area contributed by atoms with Crippen LogP contribution in [0.5, 0.6) is 0 Å². The Balaban J connectivity index is 0.00000113. The molecule has 1 aliphatic heterocycles. The molecule has 4 unspecified atom stereocenters. The molecule has 0 spiro atoms. The Labute approximate surface area is 168 Å². The summed E-state index contributed by atoms with van der Waals surface area (Å²) in [5.41, 5.74) is 6.59. The second-order valence-electron chi connectivity index (χ2n) is 8.19. The summed E-state index contributed by atoms with van der Waals surface area (Å²) in [6.45, 7) is 3.22. The van der Waals surface area contributed by atoms with Crippen LogP contribution < -0.4 is 11.1 Å². The third-order valence-corrected chi connectivity index (χ3v) is 8.03. The van der Waals surface area contributed by atoms with Crippen molar-refractivity contribution in [1.82, 2.24) is 10.2 Å². The number of hydrogen-bond donors (Lipinski definition) is 2. The van der Waals surface area contributed by atoms with Gasteiger partial charge in [0, 0.05) is 42.7 Å². The highest BCUT2D eigenvalue weighted by molar-refractivity contribution is 7.99. The Bertz CT molecular complexity index is 454. The average Bonchev–Trinajstić information content (AvgIpc) is 3.30. The fraction of sp³-hybridized carbons (Fsp3) is 0.944. The summed E-state index contributed by atoms with van der Waals surface area (Å²) in [6.07, 6.45) is 8.77. The molecule has 3 saturated carbocycles. The number of rotatable bonds is 4. The zero-order valence-corrected chi connectivity index (χ0v) is 17.4. The molecule has 3 aliphatic carbocycles. The molecule has 3 N–H and O–H groups in total. The normalized spacial score (nSPS) is 36.5. The summed E-state index contributed by atoms with van der Waals surface area (Å²) < 4.78 is 0. The van der Waals surface area contributed by atoms with Crippen LogP contribution in [0.1, 0.15) is 44.9 Å². The molecule has 25 heavy (non-hydrogen) atoms. The zero-order chi connectivity index (χ0) is 15.9. The number of carbonyl (C=O) groups excluding carboxylic acids is 1. The van der Waals surface area contributed by atoms with Crippen LogP contribution in [0.2, 0.25) is 0 Å². The van der Waals surface area contributed by atoms with E-state index >= 15 is 0 Å². The highest BCUT2D eigenvalue weighted by atomic mass is 35.5. The zero-order valence-electron chi connectivity index (χ0n) is 15.0. The number of halogens is 2. The van der Waals surface area contributed by atoms with Crippen LogP contribution in [-0.4, -0.2) is 53.5 Å². The molecule has 7 heteroatoms. The predicted molar refractivity (Wildman–Crippen MR) is 110 cm³/mol. The SMILES string of the molecule is Cl.Cl.NC1C2CCC(C2)C1C(=O)NCC1(N2CCSCC2)CCCC1. The van der Waals surface area contributed by atoms with E-state index in [4.69, 9.17) is 5.73 Å². The van der Waals surface area contributed by atoms with Gasteiger partial charge in [0.15, 0.2) is 0 Å². The number of hydrogen-bond acceptors (Lipinski definition) is 4. The van der Waals surface area contributed by atoms with Crippen LogP contribution in [0.3, 0.4) is 0 Å². The minimum Gasteiger partial charge on any atom is -0.354 e. The van der Waals surface area contributed by atoms with Crippen molar-refractivity contribution in [3.63, 3.8) is 0 Å². The first kappa shape index (κ1) is 21.6. The minimum absolute atomic E-state index is 0. The molecule has 1 amide bonds. The summed E-state index contributed by atoms with van der Waals surface area (Å²) in [4.78, 5) is 15.5. The van der Waals surface area contributed by atoms with E-state index in [1.165, 1.54) is 69.5 Å². The van der Waals surface area contributed by atoms with Crippen molar-refractivity contribution in [2.24, 2.45) is 23.5 Å². The van der Waals surface area contributed by atoms with Crippen LogP contribution in [0.4, 0.5) is 0 Å². The lowest BCUT2D eigenvalue weighted by atomic mass is 9.84. The molecule has 0 aromatic carbocycles. The number of fused-ring (bicyclic) bond motifs is 2. The monoisotopic (exact) mass is 409 g/mol. The van der Waals surface area contributed by atoms with E-state index in [0.717, 1.165) is 6.54 Å². The van der Waals surface area contributed by atoms with Gasteiger partial charge in [-0.1, -0.05) is 12.8 Å². The standard InChI is InChI=1S/C18H31N3OS.2ClH/c19-16-14-4-3-13(11-14)15(16)17(22)20-12-18(5-1-2-6-18)21-7-9-23-10-8-21;;/h13-16H,1-12,19H2,(H,20,22);2*1H. The maximum atomic E-state index is 12.8. The van der Waals surface area contributed by atoms with E-state index in [1.54, 1.807) is 0 Å². The van der Waals surface area contributed by atoms with Crippen molar-refractivity contribution in [1.29, 1.82) is 0 Å². The highest BCUT2D eigenvalue weighted by Gasteiger charge is 2.49. The third-order valence-electron chi connectivity index (χ3n) is 7.09. The maximum Gasteiger partial charge on any atom is 0.225 e. The van der Waals surface area contributed by atoms with E-state index in [0.29, 0.717) is 11.8 Å². The van der Waals surface area contributed by atoms with Crippen LogP contribution in [0.15, 0.2) is 0 Å². The molecule has 4 fully saturated rings. The lowest BCUT2D eigenvalue weighted by Gasteiger charge is -2.44. The summed E-state index contributed by atoms with van der Waals surface area (Å²) >= 11 is 2.06. The Kier molecular flexibility index (Phi) is 7.79. The molecule has 146 valence electrons. The van der Waals surface area contributed by atoms with Gasteiger partial charge in [-0.3, -0.25) is 9.69 Å². The number of thioether (sulfide) groups is 1. The molecule has 2 bridgehead atoms. The quantitative estimate of drug-likeness (QED) is 0.748. The molecule has 1 heterocycles. The second kappa shape index (κ2) is 9.01. The van der Waals surface area contributed by atoms with Crippen LogP contribution in [0, 0.1) is 17.8 Å². The predicted octanol–water partition coefficient (Wildman–Crippen LogP) is 2.68. The molecule has 4 atom stereocenters.